The van der Waals surface area contributed by atoms with Crippen molar-refractivity contribution in [1.29, 1.82) is 0 Å². The lowest BCUT2D eigenvalue weighted by Crippen LogP contribution is -2.40. The number of nitrogen functional groups attached to an aromatic ring is 1. The average Bonchev–Trinajstić information content (AvgIpc) is 2.29. The van der Waals surface area contributed by atoms with E-state index in [1.54, 1.807) is 0 Å². The molecule has 88 valence electrons. The smallest absolute Gasteiger partial charge is 0.142 e. The van der Waals surface area contributed by atoms with Crippen molar-refractivity contribution in [2.75, 3.05) is 16.9 Å². The van der Waals surface area contributed by atoms with Gasteiger partial charge in [-0.2, -0.15) is 0 Å². The van der Waals surface area contributed by atoms with Crippen LogP contribution in [0.3, 0.4) is 0 Å². The summed E-state index contributed by atoms with van der Waals surface area (Å²) in [4.78, 5) is 6.84. The Kier molecular flexibility index (Phi) is 3.29. The lowest BCUT2D eigenvalue weighted by atomic mass is 9.93. The maximum Gasteiger partial charge on any atom is 0.142 e. The molecule has 2 unspecified atom stereocenters. The molecule has 0 amide bonds. The average molecular weight is 220 g/mol. The summed E-state index contributed by atoms with van der Waals surface area (Å²) in [7, 11) is 0. The fourth-order valence-electron chi connectivity index (χ4n) is 2.41. The van der Waals surface area contributed by atoms with Crippen molar-refractivity contribution in [3.8, 4) is 0 Å². The Morgan fingerprint density at radius 3 is 2.94 bits per heavy atom. The first-order valence-electron chi connectivity index (χ1n) is 5.91. The molecule has 0 saturated carbocycles. The van der Waals surface area contributed by atoms with Gasteiger partial charge in [-0.1, -0.05) is 13.0 Å². The topological polar surface area (TPSA) is 54.2 Å². The number of hydrogen-bond acceptors (Lipinski definition) is 4. The van der Waals surface area contributed by atoms with Crippen LogP contribution >= 0.6 is 0 Å². The van der Waals surface area contributed by atoms with Crippen LogP contribution in [0, 0.1) is 5.92 Å². The highest BCUT2D eigenvalue weighted by atomic mass is 15.3. The summed E-state index contributed by atoms with van der Waals surface area (Å²) in [5.41, 5.74) is 2.59. The van der Waals surface area contributed by atoms with E-state index in [1.807, 2.05) is 18.2 Å². The van der Waals surface area contributed by atoms with E-state index in [9.17, 15) is 0 Å². The molecule has 2 heterocycles. The summed E-state index contributed by atoms with van der Waals surface area (Å²) >= 11 is 0. The predicted molar refractivity (Wildman–Crippen MR) is 67.3 cm³/mol. The summed E-state index contributed by atoms with van der Waals surface area (Å²) in [6, 6.07) is 6.47. The SMILES string of the molecule is CC1CCN(c2cccc(NN)n2)C(C)C1. The van der Waals surface area contributed by atoms with Gasteiger partial charge in [0.2, 0.25) is 0 Å². The van der Waals surface area contributed by atoms with Crippen LogP contribution in [-0.2, 0) is 0 Å². The molecule has 1 fully saturated rings. The second-order valence-corrected chi connectivity index (χ2v) is 4.70. The fourth-order valence-corrected chi connectivity index (χ4v) is 2.41. The van der Waals surface area contributed by atoms with E-state index in [0.29, 0.717) is 6.04 Å². The third-order valence-corrected chi connectivity index (χ3v) is 3.31. The number of nitrogens with one attached hydrogen (secondary N) is 1. The van der Waals surface area contributed by atoms with Crippen molar-refractivity contribution in [1.82, 2.24) is 4.98 Å². The Morgan fingerprint density at radius 1 is 1.44 bits per heavy atom. The molecule has 0 bridgehead atoms. The van der Waals surface area contributed by atoms with Crippen LogP contribution < -0.4 is 16.2 Å². The zero-order valence-electron chi connectivity index (χ0n) is 9.98. The van der Waals surface area contributed by atoms with Crippen molar-refractivity contribution in [3.05, 3.63) is 18.2 Å². The van der Waals surface area contributed by atoms with E-state index in [-0.39, 0.29) is 0 Å². The van der Waals surface area contributed by atoms with Crippen LogP contribution in [0.15, 0.2) is 18.2 Å². The molecule has 2 atom stereocenters. The molecule has 0 aliphatic carbocycles. The summed E-state index contributed by atoms with van der Waals surface area (Å²) in [5.74, 6) is 7.94. The third-order valence-electron chi connectivity index (χ3n) is 3.31. The fraction of sp³-hybridized carbons (Fsp3) is 0.583. The molecule has 4 heteroatoms. The molecule has 1 aromatic heterocycles. The zero-order valence-corrected chi connectivity index (χ0v) is 9.98. The number of nitrogens with two attached hydrogens (primary N) is 1. The minimum atomic E-state index is 0.560. The van der Waals surface area contributed by atoms with Crippen LogP contribution in [-0.4, -0.2) is 17.6 Å². The quantitative estimate of drug-likeness (QED) is 0.591. The van der Waals surface area contributed by atoms with E-state index in [1.165, 1.54) is 12.8 Å². The van der Waals surface area contributed by atoms with Crippen molar-refractivity contribution >= 4 is 11.6 Å². The maximum atomic E-state index is 5.37. The number of anilines is 2. The van der Waals surface area contributed by atoms with Crippen molar-refractivity contribution in [3.63, 3.8) is 0 Å². The van der Waals surface area contributed by atoms with Gasteiger partial charge in [-0.25, -0.2) is 10.8 Å². The molecular formula is C12H20N4. The summed E-state index contributed by atoms with van der Waals surface area (Å²) < 4.78 is 0. The molecule has 0 spiro atoms. The van der Waals surface area contributed by atoms with Gasteiger partial charge in [-0.05, 0) is 37.8 Å². The minimum Gasteiger partial charge on any atom is -0.354 e. The lowest BCUT2D eigenvalue weighted by molar-refractivity contribution is 0.376. The van der Waals surface area contributed by atoms with E-state index in [2.05, 4.69) is 29.2 Å². The number of pyridine rings is 1. The van der Waals surface area contributed by atoms with Gasteiger partial charge in [0, 0.05) is 12.6 Å². The highest BCUT2D eigenvalue weighted by Crippen LogP contribution is 2.26. The second kappa shape index (κ2) is 4.70. The largest absolute Gasteiger partial charge is 0.354 e. The number of hydrazine groups is 1. The van der Waals surface area contributed by atoms with Gasteiger partial charge in [-0.15, -0.1) is 0 Å². The molecule has 0 radical (unpaired) electrons. The first-order valence-corrected chi connectivity index (χ1v) is 5.91. The van der Waals surface area contributed by atoms with Gasteiger partial charge in [0.25, 0.3) is 0 Å². The van der Waals surface area contributed by atoms with Gasteiger partial charge >= 0.3 is 0 Å². The van der Waals surface area contributed by atoms with Crippen LogP contribution in [0.2, 0.25) is 0 Å². The molecule has 1 aliphatic heterocycles. The molecule has 3 N–H and O–H groups in total. The molecule has 16 heavy (non-hydrogen) atoms. The van der Waals surface area contributed by atoms with Crippen LogP contribution in [0.5, 0.6) is 0 Å². The number of nitrogens with zero attached hydrogens (tertiary/aromatic N) is 2. The highest BCUT2D eigenvalue weighted by Gasteiger charge is 2.23. The lowest BCUT2D eigenvalue weighted by Gasteiger charge is -2.37. The highest BCUT2D eigenvalue weighted by molar-refractivity contribution is 5.47. The van der Waals surface area contributed by atoms with Gasteiger partial charge < -0.3 is 10.3 Å². The molecule has 1 aliphatic rings. The van der Waals surface area contributed by atoms with Gasteiger partial charge in [0.05, 0.1) is 0 Å². The Morgan fingerprint density at radius 2 is 2.25 bits per heavy atom. The molecule has 2 rings (SSSR count). The van der Waals surface area contributed by atoms with Crippen LogP contribution in [0.4, 0.5) is 11.6 Å². The van der Waals surface area contributed by atoms with Gasteiger partial charge in [-0.3, -0.25) is 0 Å². The van der Waals surface area contributed by atoms with Crippen LogP contribution in [0.25, 0.3) is 0 Å². The molecule has 0 aromatic carbocycles. The van der Waals surface area contributed by atoms with Crippen molar-refractivity contribution < 1.29 is 0 Å². The van der Waals surface area contributed by atoms with Gasteiger partial charge in [0.15, 0.2) is 0 Å². The number of rotatable bonds is 2. The minimum absolute atomic E-state index is 0.560. The summed E-state index contributed by atoms with van der Waals surface area (Å²) in [5, 5.41) is 0. The van der Waals surface area contributed by atoms with E-state index < -0.39 is 0 Å². The number of piperidine rings is 1. The Hall–Kier alpha value is -1.29. The maximum absolute atomic E-state index is 5.37. The zero-order chi connectivity index (χ0) is 11.5. The second-order valence-electron chi connectivity index (χ2n) is 4.70. The normalized spacial score (nSPS) is 25.6. The summed E-state index contributed by atoms with van der Waals surface area (Å²) in [6.07, 6.45) is 2.48. The van der Waals surface area contributed by atoms with E-state index in [0.717, 1.165) is 24.1 Å². The first-order chi connectivity index (χ1) is 7.70. The van der Waals surface area contributed by atoms with E-state index in [4.69, 9.17) is 5.84 Å². The molecule has 1 aromatic rings. The van der Waals surface area contributed by atoms with Crippen molar-refractivity contribution in [2.24, 2.45) is 11.8 Å². The molecular weight excluding hydrogens is 200 g/mol. The molecule has 1 saturated heterocycles. The first kappa shape index (κ1) is 11.2. The van der Waals surface area contributed by atoms with Crippen LogP contribution in [0.1, 0.15) is 26.7 Å². The predicted octanol–water partition coefficient (Wildman–Crippen LogP) is 1.99. The molecule has 4 nitrogen and oxygen atoms in total. The standard InChI is InChI=1S/C12H20N4/c1-9-6-7-16(10(2)8-9)12-5-3-4-11(14-12)15-13/h3-5,9-10H,6-8,13H2,1-2H3,(H,14,15). The Labute approximate surface area is 96.8 Å². The van der Waals surface area contributed by atoms with Crippen molar-refractivity contribution in [2.45, 2.75) is 32.7 Å². The number of hydrogen-bond donors (Lipinski definition) is 2. The third kappa shape index (κ3) is 2.27. The Bertz CT molecular complexity index is 353. The number of aromatic nitrogens is 1. The van der Waals surface area contributed by atoms with E-state index >= 15 is 0 Å². The Balaban J connectivity index is 2.16. The van der Waals surface area contributed by atoms with Gasteiger partial charge in [0.1, 0.15) is 11.6 Å². The monoisotopic (exact) mass is 220 g/mol. The summed E-state index contributed by atoms with van der Waals surface area (Å²) in [6.45, 7) is 5.67.